The molecule has 0 spiro atoms. The number of carbonyl (C=O) groups excluding carboxylic acids is 1. The van der Waals surface area contributed by atoms with Crippen LogP contribution in [0.15, 0.2) is 48.5 Å². The SMILES string of the molecule is CC1CCN(C(=O)c2ccc3c(c2)[C@@H]2[C@H]4CC[C@@H](C4)[C@H]2[C@@H](c2ccccc2)N3)CC1. The number of likely N-dealkylation sites (tertiary alicyclic amines) is 1. The number of carbonyl (C=O) groups is 1. The van der Waals surface area contributed by atoms with Crippen molar-refractivity contribution in [2.75, 3.05) is 18.4 Å². The first kappa shape index (κ1) is 18.5. The van der Waals surface area contributed by atoms with E-state index < -0.39 is 0 Å². The van der Waals surface area contributed by atoms with Gasteiger partial charge in [-0.3, -0.25) is 4.79 Å². The van der Waals surface area contributed by atoms with Gasteiger partial charge in [-0.2, -0.15) is 0 Å². The van der Waals surface area contributed by atoms with Gasteiger partial charge in [0.1, 0.15) is 0 Å². The summed E-state index contributed by atoms with van der Waals surface area (Å²) in [6.07, 6.45) is 6.35. The molecule has 1 amide bonds. The van der Waals surface area contributed by atoms with Crippen molar-refractivity contribution in [2.45, 2.75) is 51.0 Å². The molecule has 2 saturated carbocycles. The van der Waals surface area contributed by atoms with Gasteiger partial charge in [0.2, 0.25) is 0 Å². The molecule has 0 aromatic heterocycles. The number of piperidine rings is 1. The van der Waals surface area contributed by atoms with Gasteiger partial charge in [0.05, 0.1) is 6.04 Å². The minimum Gasteiger partial charge on any atom is -0.378 e. The molecule has 156 valence electrons. The van der Waals surface area contributed by atoms with E-state index in [1.54, 1.807) is 0 Å². The lowest BCUT2D eigenvalue weighted by atomic mass is 9.68. The van der Waals surface area contributed by atoms with Crippen LogP contribution in [0.4, 0.5) is 5.69 Å². The molecule has 0 unspecified atom stereocenters. The van der Waals surface area contributed by atoms with E-state index in [0.717, 1.165) is 49.2 Å². The lowest BCUT2D eigenvalue weighted by molar-refractivity contribution is 0.0697. The second-order valence-corrected chi connectivity index (χ2v) is 10.2. The van der Waals surface area contributed by atoms with Crippen LogP contribution >= 0.6 is 0 Å². The molecular weight excluding hydrogens is 368 g/mol. The van der Waals surface area contributed by atoms with E-state index in [-0.39, 0.29) is 5.91 Å². The number of hydrogen-bond acceptors (Lipinski definition) is 2. The van der Waals surface area contributed by atoms with E-state index in [4.69, 9.17) is 0 Å². The first-order valence-corrected chi connectivity index (χ1v) is 11.9. The molecule has 2 aromatic rings. The summed E-state index contributed by atoms with van der Waals surface area (Å²) in [5, 5.41) is 3.90. The van der Waals surface area contributed by atoms with Crippen LogP contribution < -0.4 is 5.32 Å². The van der Waals surface area contributed by atoms with E-state index in [2.05, 4.69) is 65.7 Å². The zero-order valence-corrected chi connectivity index (χ0v) is 17.9. The van der Waals surface area contributed by atoms with Gasteiger partial charge in [0, 0.05) is 24.3 Å². The molecule has 3 nitrogen and oxygen atoms in total. The molecule has 6 rings (SSSR count). The van der Waals surface area contributed by atoms with Crippen LogP contribution in [-0.2, 0) is 0 Å². The Morgan fingerprint density at radius 3 is 2.53 bits per heavy atom. The molecule has 2 aromatic carbocycles. The second kappa shape index (κ2) is 7.14. The number of benzene rings is 2. The number of nitrogens with zero attached hydrogens (tertiary/aromatic N) is 1. The number of rotatable bonds is 2. The molecule has 0 radical (unpaired) electrons. The molecule has 4 aliphatic rings. The first-order chi connectivity index (χ1) is 14.7. The minimum absolute atomic E-state index is 0.231. The lowest BCUT2D eigenvalue weighted by Gasteiger charge is -2.43. The van der Waals surface area contributed by atoms with Gasteiger partial charge >= 0.3 is 0 Å². The van der Waals surface area contributed by atoms with E-state index in [9.17, 15) is 4.79 Å². The van der Waals surface area contributed by atoms with Gasteiger partial charge in [-0.1, -0.05) is 37.3 Å². The Labute approximate surface area is 179 Å². The Bertz CT molecular complexity index is 947. The molecule has 1 saturated heterocycles. The highest BCUT2D eigenvalue weighted by atomic mass is 16.2. The highest BCUT2D eigenvalue weighted by molar-refractivity contribution is 5.95. The van der Waals surface area contributed by atoms with Crippen LogP contribution in [0.2, 0.25) is 0 Å². The molecule has 2 bridgehead atoms. The Balaban J connectivity index is 1.35. The third-order valence-electron chi connectivity index (χ3n) is 8.56. The maximum atomic E-state index is 13.2. The molecule has 3 fully saturated rings. The Morgan fingerprint density at radius 1 is 0.967 bits per heavy atom. The number of nitrogens with one attached hydrogen (secondary N) is 1. The van der Waals surface area contributed by atoms with Crippen LogP contribution in [0, 0.1) is 23.7 Å². The Hall–Kier alpha value is -2.29. The van der Waals surface area contributed by atoms with Crippen LogP contribution in [0.1, 0.15) is 72.5 Å². The van der Waals surface area contributed by atoms with Crippen LogP contribution in [0.3, 0.4) is 0 Å². The van der Waals surface area contributed by atoms with E-state index >= 15 is 0 Å². The van der Waals surface area contributed by atoms with E-state index in [1.165, 1.54) is 36.1 Å². The normalized spacial score (nSPS) is 32.4. The Kier molecular flexibility index (Phi) is 4.40. The Morgan fingerprint density at radius 2 is 1.73 bits per heavy atom. The summed E-state index contributed by atoms with van der Waals surface area (Å²) in [6, 6.07) is 17.9. The van der Waals surface area contributed by atoms with E-state index in [1.807, 2.05) is 0 Å². The monoisotopic (exact) mass is 400 g/mol. The molecule has 5 atom stereocenters. The van der Waals surface area contributed by atoms with Crippen molar-refractivity contribution in [1.29, 1.82) is 0 Å². The largest absolute Gasteiger partial charge is 0.378 e. The lowest BCUT2D eigenvalue weighted by Crippen LogP contribution is -2.38. The molecule has 2 heterocycles. The van der Waals surface area contributed by atoms with Crippen molar-refractivity contribution in [3.63, 3.8) is 0 Å². The van der Waals surface area contributed by atoms with Gasteiger partial charge in [0.25, 0.3) is 5.91 Å². The van der Waals surface area contributed by atoms with Crippen molar-refractivity contribution in [2.24, 2.45) is 23.7 Å². The molecule has 2 aliphatic carbocycles. The second-order valence-electron chi connectivity index (χ2n) is 10.2. The minimum atomic E-state index is 0.231. The summed E-state index contributed by atoms with van der Waals surface area (Å²) in [5.41, 5.74) is 4.97. The number of amides is 1. The summed E-state index contributed by atoms with van der Waals surface area (Å²) in [5.74, 6) is 3.82. The van der Waals surface area contributed by atoms with Gasteiger partial charge in [-0.15, -0.1) is 0 Å². The maximum absolute atomic E-state index is 13.2. The van der Waals surface area contributed by atoms with Crippen LogP contribution in [0.5, 0.6) is 0 Å². The average molecular weight is 401 g/mol. The molecule has 3 heteroatoms. The fourth-order valence-electron chi connectivity index (χ4n) is 7.00. The van der Waals surface area contributed by atoms with Gasteiger partial charge in [-0.05, 0) is 91.0 Å². The highest BCUT2D eigenvalue weighted by Gasteiger charge is 2.53. The average Bonchev–Trinajstić information content (AvgIpc) is 3.42. The van der Waals surface area contributed by atoms with Crippen molar-refractivity contribution < 1.29 is 4.79 Å². The number of hydrogen-bond donors (Lipinski definition) is 1. The molecule has 30 heavy (non-hydrogen) atoms. The van der Waals surface area contributed by atoms with Crippen molar-refractivity contribution in [3.8, 4) is 0 Å². The zero-order valence-electron chi connectivity index (χ0n) is 17.9. The molecule has 2 aliphatic heterocycles. The zero-order chi connectivity index (χ0) is 20.2. The first-order valence-electron chi connectivity index (χ1n) is 11.9. The quantitative estimate of drug-likeness (QED) is 0.685. The predicted octanol–water partition coefficient (Wildman–Crippen LogP) is 5.86. The van der Waals surface area contributed by atoms with Gasteiger partial charge < -0.3 is 10.2 Å². The fourth-order valence-corrected chi connectivity index (χ4v) is 7.00. The molecular formula is C27H32N2O. The third-order valence-corrected chi connectivity index (χ3v) is 8.56. The topological polar surface area (TPSA) is 32.3 Å². The van der Waals surface area contributed by atoms with Crippen LogP contribution in [0.25, 0.3) is 0 Å². The van der Waals surface area contributed by atoms with Crippen molar-refractivity contribution >= 4 is 11.6 Å². The summed E-state index contributed by atoms with van der Waals surface area (Å²) >= 11 is 0. The standard InChI is InChI=1S/C27H32N2O/c1-17-11-13-29(14-12-17)27(30)21-9-10-23-22(16-21)24-19-7-8-20(15-19)25(24)26(28-23)18-5-3-2-4-6-18/h2-6,9-10,16-17,19-20,24-26,28H,7-8,11-15H2,1H3/t19-,20-,24-,25+,26+/m0/s1. The van der Waals surface area contributed by atoms with Crippen LogP contribution in [-0.4, -0.2) is 23.9 Å². The number of fused-ring (bicyclic) bond motifs is 7. The highest BCUT2D eigenvalue weighted by Crippen LogP contribution is 2.63. The number of anilines is 1. The van der Waals surface area contributed by atoms with Gasteiger partial charge in [-0.25, -0.2) is 0 Å². The summed E-state index contributed by atoms with van der Waals surface area (Å²) in [4.78, 5) is 15.3. The smallest absolute Gasteiger partial charge is 0.253 e. The molecule has 1 N–H and O–H groups in total. The van der Waals surface area contributed by atoms with Crippen molar-refractivity contribution in [1.82, 2.24) is 4.90 Å². The summed E-state index contributed by atoms with van der Waals surface area (Å²) in [7, 11) is 0. The maximum Gasteiger partial charge on any atom is 0.253 e. The van der Waals surface area contributed by atoms with E-state index in [0.29, 0.717) is 17.9 Å². The summed E-state index contributed by atoms with van der Waals surface area (Å²) < 4.78 is 0. The van der Waals surface area contributed by atoms with Crippen molar-refractivity contribution in [3.05, 3.63) is 65.2 Å². The summed E-state index contributed by atoms with van der Waals surface area (Å²) in [6.45, 7) is 4.11. The third kappa shape index (κ3) is 2.89. The van der Waals surface area contributed by atoms with Gasteiger partial charge in [0.15, 0.2) is 0 Å². The fraction of sp³-hybridized carbons (Fsp3) is 0.519. The predicted molar refractivity (Wildman–Crippen MR) is 121 cm³/mol.